The number of carbonyl (C=O) groups excluding carboxylic acids is 2. The van der Waals surface area contributed by atoms with Crippen molar-refractivity contribution in [3.05, 3.63) is 0 Å². The van der Waals surface area contributed by atoms with Gasteiger partial charge in [-0.1, -0.05) is 34.6 Å². The summed E-state index contributed by atoms with van der Waals surface area (Å²) in [6, 6.07) is 0. The highest BCUT2D eigenvalue weighted by molar-refractivity contribution is 5.76. The number of rotatable bonds is 10. The van der Waals surface area contributed by atoms with Gasteiger partial charge in [0.1, 0.15) is 6.10 Å². The van der Waals surface area contributed by atoms with E-state index in [0.29, 0.717) is 41.9 Å². The first-order valence-electron chi connectivity index (χ1n) is 15.8. The Morgan fingerprint density at radius 1 is 0.974 bits per heavy atom. The van der Waals surface area contributed by atoms with Gasteiger partial charge in [-0.3, -0.25) is 14.4 Å². The van der Waals surface area contributed by atoms with Crippen LogP contribution in [0.2, 0.25) is 0 Å². The Morgan fingerprint density at radius 2 is 1.67 bits per heavy atom. The largest absolute Gasteiger partial charge is 0.481 e. The van der Waals surface area contributed by atoms with Crippen molar-refractivity contribution in [2.75, 3.05) is 6.54 Å². The molecule has 0 aromatic heterocycles. The summed E-state index contributed by atoms with van der Waals surface area (Å²) in [5.41, 5.74) is 0.385. The van der Waals surface area contributed by atoms with E-state index in [-0.39, 0.29) is 53.8 Å². The molecule has 0 aliphatic heterocycles. The van der Waals surface area contributed by atoms with Crippen molar-refractivity contribution in [2.24, 2.45) is 52.3 Å². The Morgan fingerprint density at radius 3 is 2.36 bits per heavy atom. The summed E-state index contributed by atoms with van der Waals surface area (Å²) in [6.07, 6.45) is 10.1. The minimum Gasteiger partial charge on any atom is -0.481 e. The van der Waals surface area contributed by atoms with Crippen LogP contribution in [0.3, 0.4) is 0 Å². The summed E-state index contributed by atoms with van der Waals surface area (Å²) in [6.45, 7) is 11.4. The second-order valence-electron chi connectivity index (χ2n) is 14.2. The number of aliphatic hydroxyl groups excluding tert-OH is 1. The maximum atomic E-state index is 12.5. The molecule has 0 spiro atoms. The number of nitrogens with one attached hydrogen (secondary N) is 1. The van der Waals surface area contributed by atoms with Crippen LogP contribution in [0.15, 0.2) is 0 Å². The summed E-state index contributed by atoms with van der Waals surface area (Å²) in [7, 11) is 0. The minimum absolute atomic E-state index is 0.0137. The van der Waals surface area contributed by atoms with Crippen LogP contribution in [-0.2, 0) is 19.1 Å². The zero-order valence-electron chi connectivity index (χ0n) is 24.9. The molecule has 39 heavy (non-hydrogen) atoms. The average molecular weight is 548 g/mol. The number of hydrogen-bond donors (Lipinski definition) is 3. The number of ether oxygens (including phenoxy) is 1. The first kappa shape index (κ1) is 30.3. The number of amides is 1. The molecule has 7 heteroatoms. The summed E-state index contributed by atoms with van der Waals surface area (Å²) in [5, 5.41) is 23.2. The summed E-state index contributed by atoms with van der Waals surface area (Å²) in [5.74, 6) is 1.65. The number of esters is 1. The van der Waals surface area contributed by atoms with Crippen molar-refractivity contribution in [1.29, 1.82) is 0 Å². The van der Waals surface area contributed by atoms with Gasteiger partial charge in [0.25, 0.3) is 0 Å². The standard InChI is InChI=1S/C32H53NO6/c1-6-19(2)30(38)39-22-11-14-31(4)21(17-22)18-26(34)29-24-9-8-23(32(24,5)15-12-25(29)31)20(3)7-10-27(35)33-16-13-28(36)37/h19-26,29,34H,6-18H2,1-5H3,(H,33,35)(H,36,37). The molecule has 0 heterocycles. The van der Waals surface area contributed by atoms with Crippen LogP contribution in [0, 0.1) is 52.3 Å². The van der Waals surface area contributed by atoms with Crippen LogP contribution in [-0.4, -0.2) is 46.8 Å². The normalized spacial score (nSPS) is 40.9. The lowest BCUT2D eigenvalue weighted by Gasteiger charge is -2.62. The predicted molar refractivity (Wildman–Crippen MR) is 150 cm³/mol. The van der Waals surface area contributed by atoms with Gasteiger partial charge >= 0.3 is 11.9 Å². The van der Waals surface area contributed by atoms with Crippen LogP contribution in [0.1, 0.15) is 112 Å². The van der Waals surface area contributed by atoms with Crippen molar-refractivity contribution in [3.63, 3.8) is 0 Å². The molecule has 222 valence electrons. The molecule has 0 aromatic rings. The molecule has 7 nitrogen and oxygen atoms in total. The van der Waals surface area contributed by atoms with Crippen molar-refractivity contribution in [3.8, 4) is 0 Å². The van der Waals surface area contributed by atoms with Gasteiger partial charge in [-0.15, -0.1) is 0 Å². The monoisotopic (exact) mass is 547 g/mol. The Kier molecular flexibility index (Phi) is 9.40. The predicted octanol–water partition coefficient (Wildman–Crippen LogP) is 5.58. The second-order valence-corrected chi connectivity index (χ2v) is 14.2. The molecule has 0 radical (unpaired) electrons. The van der Waals surface area contributed by atoms with Crippen molar-refractivity contribution in [2.45, 2.75) is 124 Å². The Balaban J connectivity index is 1.38. The van der Waals surface area contributed by atoms with Crippen LogP contribution < -0.4 is 5.32 Å². The van der Waals surface area contributed by atoms with E-state index < -0.39 is 5.97 Å². The molecule has 4 aliphatic carbocycles. The van der Waals surface area contributed by atoms with Gasteiger partial charge in [0.2, 0.25) is 5.91 Å². The third kappa shape index (κ3) is 6.04. The van der Waals surface area contributed by atoms with Crippen LogP contribution in [0.4, 0.5) is 0 Å². The number of aliphatic carboxylic acids is 1. The average Bonchev–Trinajstić information content (AvgIpc) is 3.24. The van der Waals surface area contributed by atoms with Crippen LogP contribution in [0.5, 0.6) is 0 Å². The molecule has 4 aliphatic rings. The first-order chi connectivity index (χ1) is 18.4. The van der Waals surface area contributed by atoms with E-state index in [1.807, 2.05) is 13.8 Å². The molecule has 0 saturated heterocycles. The quantitative estimate of drug-likeness (QED) is 0.308. The number of fused-ring (bicyclic) bond motifs is 5. The number of carboxylic acid groups (broad SMARTS) is 1. The lowest BCUT2D eigenvalue weighted by atomic mass is 9.43. The van der Waals surface area contributed by atoms with Gasteiger partial charge in [0.05, 0.1) is 18.4 Å². The first-order valence-corrected chi connectivity index (χ1v) is 15.8. The van der Waals surface area contributed by atoms with Crippen molar-refractivity contribution < 1.29 is 29.3 Å². The third-order valence-electron chi connectivity index (χ3n) is 12.2. The van der Waals surface area contributed by atoms with E-state index in [9.17, 15) is 19.5 Å². The van der Waals surface area contributed by atoms with E-state index in [1.54, 1.807) is 0 Å². The summed E-state index contributed by atoms with van der Waals surface area (Å²) >= 11 is 0. The van der Waals surface area contributed by atoms with Crippen molar-refractivity contribution >= 4 is 17.8 Å². The van der Waals surface area contributed by atoms with Crippen LogP contribution >= 0.6 is 0 Å². The second kappa shape index (κ2) is 12.1. The molecule has 11 unspecified atom stereocenters. The highest BCUT2D eigenvalue weighted by Crippen LogP contribution is 2.68. The molecule has 4 saturated carbocycles. The van der Waals surface area contributed by atoms with Gasteiger partial charge in [0, 0.05) is 13.0 Å². The number of aliphatic hydroxyl groups is 1. The number of carbonyl (C=O) groups is 3. The highest BCUT2D eigenvalue weighted by atomic mass is 16.5. The van der Waals surface area contributed by atoms with Gasteiger partial charge in [-0.25, -0.2) is 0 Å². The SMILES string of the molecule is CCC(C)C(=O)OC1CCC2(C)C(C1)CC(O)C1C2CCC2(C)C(C(C)CCC(=O)NCCC(=O)O)CCC12. The van der Waals surface area contributed by atoms with E-state index in [0.717, 1.165) is 57.8 Å². The smallest absolute Gasteiger partial charge is 0.308 e. The van der Waals surface area contributed by atoms with Crippen molar-refractivity contribution in [1.82, 2.24) is 5.32 Å². The third-order valence-corrected chi connectivity index (χ3v) is 12.2. The Labute approximate surface area is 235 Å². The summed E-state index contributed by atoms with van der Waals surface area (Å²) in [4.78, 5) is 35.4. The maximum Gasteiger partial charge on any atom is 0.308 e. The van der Waals surface area contributed by atoms with Gasteiger partial charge in [-0.05, 0) is 111 Å². The van der Waals surface area contributed by atoms with Gasteiger partial charge < -0.3 is 20.3 Å². The number of hydrogen-bond acceptors (Lipinski definition) is 5. The topological polar surface area (TPSA) is 113 Å². The van der Waals surface area contributed by atoms with E-state index >= 15 is 0 Å². The summed E-state index contributed by atoms with van der Waals surface area (Å²) < 4.78 is 5.93. The molecule has 3 N–H and O–H groups in total. The molecular weight excluding hydrogens is 494 g/mol. The van der Waals surface area contributed by atoms with E-state index in [4.69, 9.17) is 9.84 Å². The molecule has 4 fully saturated rings. The minimum atomic E-state index is -0.896. The fraction of sp³-hybridized carbons (Fsp3) is 0.906. The van der Waals surface area contributed by atoms with E-state index in [2.05, 4.69) is 26.1 Å². The molecule has 0 aromatic carbocycles. The number of carboxylic acids is 1. The Hall–Kier alpha value is -1.63. The molecule has 0 bridgehead atoms. The Bertz CT molecular complexity index is 907. The lowest BCUT2D eigenvalue weighted by Crippen LogP contribution is -2.58. The van der Waals surface area contributed by atoms with E-state index in [1.165, 1.54) is 6.42 Å². The van der Waals surface area contributed by atoms with Gasteiger partial charge in [-0.2, -0.15) is 0 Å². The molecular formula is C32H53NO6. The highest BCUT2D eigenvalue weighted by Gasteiger charge is 2.63. The lowest BCUT2D eigenvalue weighted by molar-refractivity contribution is -0.184. The maximum absolute atomic E-state index is 12.5. The zero-order valence-corrected chi connectivity index (χ0v) is 24.9. The zero-order chi connectivity index (χ0) is 28.5. The fourth-order valence-electron chi connectivity index (χ4n) is 9.67. The molecule has 11 atom stereocenters. The molecule has 4 rings (SSSR count). The molecule has 1 amide bonds. The van der Waals surface area contributed by atoms with Gasteiger partial charge in [0.15, 0.2) is 0 Å². The van der Waals surface area contributed by atoms with Crippen LogP contribution in [0.25, 0.3) is 0 Å². The fourth-order valence-corrected chi connectivity index (χ4v) is 9.67.